The van der Waals surface area contributed by atoms with Crippen LogP contribution in [0.2, 0.25) is 0 Å². The molecule has 29 heavy (non-hydrogen) atoms. The second kappa shape index (κ2) is 8.94. The minimum absolute atomic E-state index is 0.0501. The van der Waals surface area contributed by atoms with Crippen LogP contribution in [0.3, 0.4) is 0 Å². The fourth-order valence-corrected chi connectivity index (χ4v) is 5.12. The van der Waals surface area contributed by atoms with Gasteiger partial charge in [0.1, 0.15) is 0 Å². The van der Waals surface area contributed by atoms with E-state index in [9.17, 15) is 0 Å². The van der Waals surface area contributed by atoms with E-state index in [0.29, 0.717) is 6.54 Å². The van der Waals surface area contributed by atoms with Crippen molar-refractivity contribution in [2.45, 2.75) is 49.6 Å². The van der Waals surface area contributed by atoms with Crippen LogP contribution in [-0.2, 0) is 5.54 Å². The smallest absolute Gasteiger partial charge is 0.0952 e. The Kier molecular flexibility index (Phi) is 6.13. The van der Waals surface area contributed by atoms with Gasteiger partial charge >= 0.3 is 0 Å². The molecule has 1 aliphatic carbocycles. The Balaban J connectivity index is 1.95. The molecule has 0 saturated heterocycles. The minimum atomic E-state index is -0.406. The molecule has 0 amide bonds. The quantitative estimate of drug-likeness (QED) is 0.519. The van der Waals surface area contributed by atoms with Gasteiger partial charge in [-0.15, -0.1) is 0 Å². The van der Waals surface area contributed by atoms with Gasteiger partial charge in [0.15, 0.2) is 0 Å². The summed E-state index contributed by atoms with van der Waals surface area (Å²) in [5.74, 6) is 0. The van der Waals surface area contributed by atoms with E-state index in [1.54, 1.807) is 0 Å². The van der Waals surface area contributed by atoms with Gasteiger partial charge in [0.25, 0.3) is 0 Å². The van der Waals surface area contributed by atoms with E-state index >= 15 is 0 Å². The Hall–Kier alpha value is -2.42. The van der Waals surface area contributed by atoms with Crippen LogP contribution in [0.1, 0.15) is 55.2 Å². The molecule has 0 spiro atoms. The highest BCUT2D eigenvalue weighted by Gasteiger charge is 2.44. The van der Waals surface area contributed by atoms with Gasteiger partial charge in [-0.05, 0) is 42.5 Å². The van der Waals surface area contributed by atoms with E-state index in [-0.39, 0.29) is 5.54 Å². The molecule has 3 aromatic rings. The third kappa shape index (κ3) is 4.01. The zero-order chi connectivity index (χ0) is 20.0. The molecule has 150 valence electrons. The molecular weight excluding hydrogens is 352 g/mol. The normalized spacial score (nSPS) is 16.4. The Morgan fingerprint density at radius 1 is 0.655 bits per heavy atom. The zero-order valence-electron chi connectivity index (χ0n) is 17.2. The summed E-state index contributed by atoms with van der Waals surface area (Å²) in [6.45, 7) is 0.710. The molecule has 0 heterocycles. The van der Waals surface area contributed by atoms with E-state index in [2.05, 4.69) is 96.3 Å². The lowest BCUT2D eigenvalue weighted by Gasteiger charge is -2.48. The number of nitrogens with one attached hydrogen (secondary N) is 1. The van der Waals surface area contributed by atoms with E-state index < -0.39 is 5.54 Å². The Labute approximate surface area is 175 Å². The maximum Gasteiger partial charge on any atom is 0.0952 e. The molecule has 2 nitrogen and oxygen atoms in total. The van der Waals surface area contributed by atoms with Crippen molar-refractivity contribution in [2.75, 3.05) is 6.54 Å². The largest absolute Gasteiger partial charge is 0.330 e. The molecule has 0 atom stereocenters. The first kappa shape index (κ1) is 19.9. The Morgan fingerprint density at radius 2 is 1.07 bits per heavy atom. The molecule has 0 aromatic heterocycles. The van der Waals surface area contributed by atoms with Crippen molar-refractivity contribution in [1.29, 1.82) is 0 Å². The summed E-state index contributed by atoms with van der Waals surface area (Å²) in [6, 6.07) is 32.7. The lowest BCUT2D eigenvalue weighted by Crippen LogP contribution is -2.59. The highest BCUT2D eigenvalue weighted by atomic mass is 15.1. The SMILES string of the molecule is NCCC1(NC(c2ccccc2)(c2ccccc2)c2ccccc2)CCCCC1. The summed E-state index contributed by atoms with van der Waals surface area (Å²) in [4.78, 5) is 0. The Morgan fingerprint density at radius 3 is 1.45 bits per heavy atom. The van der Waals surface area contributed by atoms with Crippen molar-refractivity contribution in [2.24, 2.45) is 5.73 Å². The topological polar surface area (TPSA) is 38.0 Å². The molecule has 0 unspecified atom stereocenters. The van der Waals surface area contributed by atoms with Crippen LogP contribution >= 0.6 is 0 Å². The summed E-state index contributed by atoms with van der Waals surface area (Å²) in [5, 5.41) is 4.25. The summed E-state index contributed by atoms with van der Waals surface area (Å²) < 4.78 is 0. The molecular formula is C27H32N2. The second-order valence-corrected chi connectivity index (χ2v) is 8.35. The highest BCUT2D eigenvalue weighted by Crippen LogP contribution is 2.42. The fourth-order valence-electron chi connectivity index (χ4n) is 5.12. The van der Waals surface area contributed by atoms with Crippen LogP contribution in [0.15, 0.2) is 91.0 Å². The van der Waals surface area contributed by atoms with Crippen molar-refractivity contribution in [3.63, 3.8) is 0 Å². The van der Waals surface area contributed by atoms with Crippen molar-refractivity contribution in [3.8, 4) is 0 Å². The van der Waals surface area contributed by atoms with Crippen LogP contribution in [0.4, 0.5) is 0 Å². The lowest BCUT2D eigenvalue weighted by molar-refractivity contribution is 0.179. The van der Waals surface area contributed by atoms with Crippen molar-refractivity contribution in [3.05, 3.63) is 108 Å². The van der Waals surface area contributed by atoms with Crippen LogP contribution in [0.5, 0.6) is 0 Å². The first-order valence-corrected chi connectivity index (χ1v) is 11.0. The molecule has 0 aliphatic heterocycles. The average Bonchev–Trinajstić information content (AvgIpc) is 2.80. The maximum atomic E-state index is 6.14. The van der Waals surface area contributed by atoms with Gasteiger partial charge in [-0.2, -0.15) is 0 Å². The number of hydrogen-bond donors (Lipinski definition) is 2. The average molecular weight is 385 g/mol. The summed E-state index contributed by atoms with van der Waals surface area (Å²) in [7, 11) is 0. The van der Waals surface area contributed by atoms with Gasteiger partial charge in [0.2, 0.25) is 0 Å². The summed E-state index contributed by atoms with van der Waals surface area (Å²) in [5.41, 5.74) is 9.61. The van der Waals surface area contributed by atoms with Gasteiger partial charge in [-0.1, -0.05) is 110 Å². The molecule has 1 saturated carbocycles. The monoisotopic (exact) mass is 384 g/mol. The second-order valence-electron chi connectivity index (χ2n) is 8.35. The van der Waals surface area contributed by atoms with Crippen molar-refractivity contribution < 1.29 is 0 Å². The third-order valence-corrected chi connectivity index (χ3v) is 6.51. The lowest BCUT2D eigenvalue weighted by atomic mass is 9.71. The van der Waals surface area contributed by atoms with Crippen LogP contribution in [-0.4, -0.2) is 12.1 Å². The van der Waals surface area contributed by atoms with Crippen LogP contribution in [0.25, 0.3) is 0 Å². The number of benzene rings is 3. The Bertz CT molecular complexity index is 766. The molecule has 1 fully saturated rings. The molecule has 0 radical (unpaired) electrons. The minimum Gasteiger partial charge on any atom is -0.330 e. The molecule has 1 aliphatic rings. The number of hydrogen-bond acceptors (Lipinski definition) is 2. The van der Waals surface area contributed by atoms with Crippen LogP contribution < -0.4 is 11.1 Å². The first-order chi connectivity index (χ1) is 14.3. The highest BCUT2D eigenvalue weighted by molar-refractivity contribution is 5.50. The van der Waals surface area contributed by atoms with Gasteiger partial charge in [-0.3, -0.25) is 5.32 Å². The van der Waals surface area contributed by atoms with E-state index in [0.717, 1.165) is 6.42 Å². The number of nitrogens with two attached hydrogens (primary N) is 1. The van der Waals surface area contributed by atoms with Gasteiger partial charge in [0, 0.05) is 5.54 Å². The molecule has 3 aromatic carbocycles. The predicted octanol–water partition coefficient (Wildman–Crippen LogP) is 5.62. The summed E-state index contributed by atoms with van der Waals surface area (Å²) in [6.07, 6.45) is 7.21. The van der Waals surface area contributed by atoms with Gasteiger partial charge in [0.05, 0.1) is 5.54 Å². The predicted molar refractivity (Wildman–Crippen MR) is 122 cm³/mol. The molecule has 4 rings (SSSR count). The van der Waals surface area contributed by atoms with E-state index in [1.807, 2.05) is 0 Å². The first-order valence-electron chi connectivity index (χ1n) is 11.0. The fraction of sp³-hybridized carbons (Fsp3) is 0.333. The van der Waals surface area contributed by atoms with Crippen LogP contribution in [0, 0.1) is 0 Å². The maximum absolute atomic E-state index is 6.14. The third-order valence-electron chi connectivity index (χ3n) is 6.51. The van der Waals surface area contributed by atoms with Crippen molar-refractivity contribution in [1.82, 2.24) is 5.32 Å². The molecule has 3 N–H and O–H groups in total. The standard InChI is InChI=1S/C27H32N2/c28-22-21-26(19-11-4-12-20-26)29-27(23-13-5-1-6-14-23,24-15-7-2-8-16-24)25-17-9-3-10-18-25/h1-3,5-10,13-18,29H,4,11-12,19-22,28H2. The summed E-state index contributed by atoms with van der Waals surface area (Å²) >= 11 is 0. The van der Waals surface area contributed by atoms with E-state index in [1.165, 1.54) is 48.8 Å². The van der Waals surface area contributed by atoms with Crippen molar-refractivity contribution >= 4 is 0 Å². The molecule has 2 heteroatoms. The number of rotatable bonds is 7. The van der Waals surface area contributed by atoms with Gasteiger partial charge in [-0.25, -0.2) is 0 Å². The molecule has 0 bridgehead atoms. The van der Waals surface area contributed by atoms with Gasteiger partial charge < -0.3 is 5.73 Å². The van der Waals surface area contributed by atoms with E-state index in [4.69, 9.17) is 5.73 Å². The zero-order valence-corrected chi connectivity index (χ0v) is 17.2.